The summed E-state index contributed by atoms with van der Waals surface area (Å²) in [6.07, 6.45) is 8.76. The number of aldehydes is 1. The predicted octanol–water partition coefficient (Wildman–Crippen LogP) is 19.0. The van der Waals surface area contributed by atoms with Crippen LogP contribution >= 0.6 is 138 Å². The number of aromatic nitrogens is 3. The first kappa shape index (κ1) is 133. The standard InChI is InChI=1S/C16H26BFN2O2.C15H18FN5O2.C15H20FN5.C12H24B2O4.C10H14BrFN2.C7H4BrFO.C5H4BrN3O2.C4H12N2.C2H5I.CI3.CH4O.CH4.V/c1-15(2)16(3,4)22-17(21-15)12-9-13(18)11-14(10-12)19-7-8-20(5)6;1-20(2)4-3-19-12-6-10(5-11(16)7-12)13-8-18-9-14(17)15(13)21(22)23;1-21(2)4-3-20-12-6-10(5-11(16)7-12)13-8-19-9-14(17)15(13)18;1-9(2)10(3,4)16-13(15-9)14-17-11(5,6)12(7,8)18-14;1-14(2)4-3-13-10-6-8(11)5-9(12)7-10;8-6-1-5(4-10)2-7(9)3-6;6-3-1-8-2-4(7)5(3)9(10)11;1-6(2)4-3-5;1-2-3;2-1(3)4;1-2;;/h9-11,19H,7-8H2,1-6H3;5-9,19H,3-4,17H2,1-2H3;5-9,20H,3-4,17H2,1-2H3,(H2,18,19);1-8H3;5-7,13H,3-4H2,1-2H3;1-4H;1-2H,7H2;3-5H2,1-2H3;2H2,1H3;;2H,1H3;1H4;/q;;;;;;;;;-1;;;. The number of carbonyl (C=O) groups excluding carboxylic acids is 1. The number of hydrogen-bond donors (Lipinski definition) is 10. The number of aliphatic hydroxyl groups is 1. The van der Waals surface area contributed by atoms with E-state index in [1.807, 2.05) is 182 Å². The van der Waals surface area contributed by atoms with Gasteiger partial charge in [0.2, 0.25) is 0 Å². The van der Waals surface area contributed by atoms with Crippen LogP contribution in [0.15, 0.2) is 142 Å². The molecule has 15 N–H and O–H groups in total. The Labute approximate surface area is 893 Å². The minimum atomic E-state index is -0.587. The Kier molecular flexibility index (Phi) is 63.5. The van der Waals surface area contributed by atoms with Crippen molar-refractivity contribution < 1.29 is 88.2 Å². The number of carbonyl (C=O) groups is 1. The Morgan fingerprint density at radius 1 is 0.456 bits per heavy atom. The molecule has 3 aromatic heterocycles. The summed E-state index contributed by atoms with van der Waals surface area (Å²) in [5.74, 6) is -1.75. The smallest absolute Gasteiger partial charge is 0.405 e. The van der Waals surface area contributed by atoms with Gasteiger partial charge in [0.1, 0.15) is 51.2 Å². The van der Waals surface area contributed by atoms with Crippen LogP contribution in [0.4, 0.5) is 78.8 Å². The Bertz CT molecular complexity index is 4780. The Balaban J connectivity index is 0. The molecule has 0 aliphatic carbocycles. The van der Waals surface area contributed by atoms with Gasteiger partial charge < -0.3 is 107 Å². The maximum absolute atomic E-state index is 13.9. The van der Waals surface area contributed by atoms with E-state index >= 15 is 0 Å². The van der Waals surface area contributed by atoms with Crippen LogP contribution in [0.25, 0.3) is 22.3 Å². The molecule has 8 aromatic rings. The van der Waals surface area contributed by atoms with Crippen LogP contribution < -0.4 is 55.4 Å². The fourth-order valence-electron chi connectivity index (χ4n) is 11.0. The molecule has 3 aliphatic rings. The third-order valence-corrected chi connectivity index (χ3v) is 21.4. The number of benzene rings is 5. The van der Waals surface area contributed by atoms with Crippen molar-refractivity contribution in [3.05, 3.63) is 196 Å². The van der Waals surface area contributed by atoms with Crippen molar-refractivity contribution in [1.82, 2.24) is 39.5 Å². The van der Waals surface area contributed by atoms with Gasteiger partial charge in [-0.25, -0.2) is 22.0 Å². The largest absolute Gasteiger partial charge is 0.495 e. The summed E-state index contributed by atoms with van der Waals surface area (Å²) >= 11 is 18.3. The van der Waals surface area contributed by atoms with Crippen molar-refractivity contribution in [2.24, 2.45) is 5.73 Å². The number of aliphatic hydroxyl groups excluding tert-OH is 1. The van der Waals surface area contributed by atoms with Crippen LogP contribution in [0, 0.1) is 49.3 Å². The number of nitrogens with one attached hydrogen (secondary N) is 4. The van der Waals surface area contributed by atoms with E-state index in [2.05, 4.69) is 196 Å². The van der Waals surface area contributed by atoms with Crippen LogP contribution in [0.2, 0.25) is 0 Å². The van der Waals surface area contributed by atoms with E-state index < -0.39 is 53.8 Å². The maximum atomic E-state index is 13.9. The van der Waals surface area contributed by atoms with Gasteiger partial charge in [0, 0.05) is 153 Å². The monoisotopic (exact) mass is 2590 g/mol. The third-order valence-electron chi connectivity index (χ3n) is 19.9. The Morgan fingerprint density at radius 2 is 0.750 bits per heavy atom. The second-order valence-electron chi connectivity index (χ2n) is 33.9. The van der Waals surface area contributed by atoms with E-state index in [-0.39, 0.29) is 94.2 Å². The van der Waals surface area contributed by atoms with Gasteiger partial charge in [-0.05, 0) is 282 Å². The SMILES string of the molecule is C.CC1(C)OB(B2OC(C)(C)C(C)(C)O2)OC1(C)C.CCI.CN(C)CCN.CN(C)CCNc1cc(F)cc(-c2cncc(N)c2N)c1.CN(C)CCNc1cc(F)cc(-c2cncc(N)c2[N+](=O)[O-])c1.CN(C)CCNc1cc(F)cc(B2OC(C)(C)C(C)(C)O2)c1.CN(C)CCNc1cc(F)cc(Br)c1.CO.I[C-](I)I.Nc1cncc(Br)c1[N+](=O)[O-].O=Cc1cc(F)cc(Br)c1.[V]. The van der Waals surface area contributed by atoms with Crippen molar-refractivity contribution in [3.63, 3.8) is 0 Å². The fraction of sp³-hybridized carbons (Fsp3) is 0.472. The van der Waals surface area contributed by atoms with E-state index in [0.717, 1.165) is 81.9 Å². The number of nitro groups is 2. The zero-order valence-corrected chi connectivity index (χ0v) is 95.8. The molecule has 0 atom stereocenters. The first-order chi connectivity index (χ1) is 62.2. The summed E-state index contributed by atoms with van der Waals surface area (Å²) in [6.45, 7) is 34.3. The average Bonchev–Trinajstić information content (AvgIpc) is 1.59. The van der Waals surface area contributed by atoms with Crippen molar-refractivity contribution in [2.75, 3.05) is 192 Å². The molecule has 0 saturated carbocycles. The van der Waals surface area contributed by atoms with E-state index in [1.54, 1.807) is 18.3 Å². The van der Waals surface area contributed by atoms with Crippen molar-refractivity contribution in [1.29, 1.82) is 0 Å². The molecule has 0 unspecified atom stereocenters. The Hall–Kier alpha value is -5.31. The molecule has 5 aromatic carbocycles. The molecule has 1 radical (unpaired) electrons. The van der Waals surface area contributed by atoms with Crippen LogP contribution in [-0.2, 0) is 46.5 Å². The van der Waals surface area contributed by atoms with E-state index in [0.29, 0.717) is 72.2 Å². The molecule has 3 saturated heterocycles. The first-order valence-electron chi connectivity index (χ1n) is 41.7. The van der Waals surface area contributed by atoms with Gasteiger partial charge in [0.15, 0.2) is 0 Å². The number of pyridine rings is 3. The van der Waals surface area contributed by atoms with Crippen LogP contribution in [0.3, 0.4) is 0 Å². The molecule has 0 amide bonds. The summed E-state index contributed by atoms with van der Waals surface area (Å²) < 4.78 is 107. The van der Waals surface area contributed by atoms with Crippen LogP contribution in [-0.4, -0.2) is 263 Å². The number of hydrogen-bond acceptors (Lipinski definition) is 29. The fourth-order valence-corrected chi connectivity index (χ4v) is 12.5. The second-order valence-corrected chi connectivity index (χ2v) is 47.6. The molecule has 6 heterocycles. The maximum Gasteiger partial charge on any atom is 0.495 e. The molecule has 136 heavy (non-hydrogen) atoms. The van der Waals surface area contributed by atoms with E-state index in [9.17, 15) is 47.0 Å². The number of nitrogens with zero attached hydrogens (tertiary/aromatic N) is 10. The molecular weight excluding hydrogens is 2450 g/mol. The van der Waals surface area contributed by atoms with Gasteiger partial charge >= 0.3 is 32.5 Å². The molecule has 11 rings (SSSR count). The molecule has 3 fully saturated rings. The van der Waals surface area contributed by atoms with Gasteiger partial charge in [-0.3, -0.25) is 108 Å². The van der Waals surface area contributed by atoms with Crippen molar-refractivity contribution >= 4 is 228 Å². The Morgan fingerprint density at radius 3 is 1.07 bits per heavy atom. The molecule has 0 bridgehead atoms. The molecule has 0 spiro atoms. The normalized spacial score (nSPS) is 14.4. The van der Waals surface area contributed by atoms with Crippen LogP contribution in [0.5, 0.6) is 0 Å². The number of halogens is 12. The van der Waals surface area contributed by atoms with Crippen molar-refractivity contribution in [2.45, 2.75) is 131 Å². The minimum absolute atomic E-state index is 0. The van der Waals surface area contributed by atoms with Crippen molar-refractivity contribution in [3.8, 4) is 22.3 Å². The number of nitrogen functional groups attached to an aromatic ring is 4. The van der Waals surface area contributed by atoms with Gasteiger partial charge in [-0.15, -0.1) is -0.0619 Å². The van der Waals surface area contributed by atoms with Gasteiger partial charge in [0.25, 0.3) is 0 Å². The number of likely N-dealkylation sites (N-methyl/N-ethyl adjacent to an activating group) is 5. The van der Waals surface area contributed by atoms with Gasteiger partial charge in [0.05, 0.1) is 79.0 Å². The average molecular weight is 2590 g/mol. The zero-order valence-electron chi connectivity index (χ0n) is 81.0. The summed E-state index contributed by atoms with van der Waals surface area (Å²) in [6, 6.07) is 22.6. The third kappa shape index (κ3) is 49.1. The number of anilines is 8. The number of rotatable bonds is 25. The molecule has 31 nitrogen and oxygen atoms in total. The summed E-state index contributed by atoms with van der Waals surface area (Å²) in [7, 11) is 19.4. The topological polar surface area (TPSA) is 412 Å². The summed E-state index contributed by atoms with van der Waals surface area (Å²) in [5.41, 5.74) is 31.5. The second kappa shape index (κ2) is 65.1. The molecular formula is C89H135B3Br3F5I4N19O12V-. The molecule has 3 aliphatic heterocycles. The quantitative estimate of drug-likeness (QED) is 0.00371. The number of nitrogens with two attached hydrogens (primary N) is 5. The predicted molar refractivity (Wildman–Crippen MR) is 591 cm³/mol. The first-order valence-corrected chi connectivity index (χ1v) is 48.8. The van der Waals surface area contributed by atoms with Crippen LogP contribution in [0.1, 0.15) is 108 Å². The zero-order chi connectivity index (χ0) is 103. The van der Waals surface area contributed by atoms with Gasteiger partial charge in [-0.1, -0.05) is 68.8 Å². The summed E-state index contributed by atoms with van der Waals surface area (Å²) in [4.78, 5) is 52.3. The van der Waals surface area contributed by atoms with E-state index in [1.165, 1.54) is 96.0 Å². The number of alkyl halides is 1. The summed E-state index contributed by atoms with van der Waals surface area (Å²) in [5, 5.41) is 41.2. The van der Waals surface area contributed by atoms with Gasteiger partial charge in [-0.2, -0.15) is 0 Å². The minimum Gasteiger partial charge on any atom is -0.405 e. The molecule has 757 valence electrons. The van der Waals surface area contributed by atoms with E-state index in [4.69, 9.17) is 61.7 Å². The molecule has 47 heteroatoms.